The molecule has 7 nitrogen and oxygen atoms in total. The van der Waals surface area contributed by atoms with E-state index in [0.29, 0.717) is 12.2 Å². The molecule has 1 heterocycles. The van der Waals surface area contributed by atoms with Crippen molar-refractivity contribution in [2.24, 2.45) is 5.14 Å². The summed E-state index contributed by atoms with van der Waals surface area (Å²) in [6, 6.07) is 5.47. The summed E-state index contributed by atoms with van der Waals surface area (Å²) >= 11 is 0. The van der Waals surface area contributed by atoms with Crippen LogP contribution in [0.5, 0.6) is 0 Å². The standard InChI is InChI=1S/C15H21N3O4S/c1-2-12-5-3-4-10-18(12)15(20)14(19)17-11-6-8-13(9-7-11)23(16,21)22/h6-9,12H,2-5,10H2,1H3,(H,17,19)(H2,16,21,22). The molecule has 1 aromatic rings. The molecular formula is C15H21N3O4S. The fourth-order valence-electron chi connectivity index (χ4n) is 2.74. The number of nitrogens with two attached hydrogens (primary N) is 1. The summed E-state index contributed by atoms with van der Waals surface area (Å²) in [7, 11) is -3.78. The number of sulfonamides is 1. The Balaban J connectivity index is 2.04. The number of primary sulfonamides is 1. The second kappa shape index (κ2) is 7.10. The average Bonchev–Trinajstić information content (AvgIpc) is 2.53. The van der Waals surface area contributed by atoms with Crippen molar-refractivity contribution in [2.45, 2.75) is 43.5 Å². The van der Waals surface area contributed by atoms with Gasteiger partial charge in [-0.2, -0.15) is 0 Å². The molecule has 8 heteroatoms. The molecule has 126 valence electrons. The van der Waals surface area contributed by atoms with E-state index in [-0.39, 0.29) is 10.9 Å². The third kappa shape index (κ3) is 4.29. The molecule has 1 unspecified atom stereocenters. The van der Waals surface area contributed by atoms with Crippen LogP contribution in [0.25, 0.3) is 0 Å². The maximum Gasteiger partial charge on any atom is 0.313 e. The van der Waals surface area contributed by atoms with Gasteiger partial charge in [-0.1, -0.05) is 6.92 Å². The van der Waals surface area contributed by atoms with Crippen molar-refractivity contribution in [3.8, 4) is 0 Å². The molecule has 0 aliphatic carbocycles. The van der Waals surface area contributed by atoms with E-state index in [9.17, 15) is 18.0 Å². The highest BCUT2D eigenvalue weighted by Gasteiger charge is 2.29. The lowest BCUT2D eigenvalue weighted by atomic mass is 10.00. The molecule has 0 bridgehead atoms. The van der Waals surface area contributed by atoms with E-state index in [1.807, 2.05) is 6.92 Å². The summed E-state index contributed by atoms with van der Waals surface area (Å²) in [6.45, 7) is 2.59. The van der Waals surface area contributed by atoms with Crippen LogP contribution in [-0.4, -0.2) is 37.7 Å². The van der Waals surface area contributed by atoms with E-state index >= 15 is 0 Å². The van der Waals surface area contributed by atoms with Gasteiger partial charge in [0.1, 0.15) is 0 Å². The second-order valence-electron chi connectivity index (χ2n) is 5.58. The second-order valence-corrected chi connectivity index (χ2v) is 7.14. The Labute approximate surface area is 135 Å². The monoisotopic (exact) mass is 339 g/mol. The highest BCUT2D eigenvalue weighted by atomic mass is 32.2. The minimum absolute atomic E-state index is 0.0519. The van der Waals surface area contributed by atoms with Gasteiger partial charge in [-0.25, -0.2) is 13.6 Å². The normalized spacial score (nSPS) is 18.5. The predicted molar refractivity (Wildman–Crippen MR) is 86.1 cm³/mol. The van der Waals surface area contributed by atoms with Crippen LogP contribution in [-0.2, 0) is 19.6 Å². The fraction of sp³-hybridized carbons (Fsp3) is 0.467. The third-order valence-electron chi connectivity index (χ3n) is 3.99. The van der Waals surface area contributed by atoms with E-state index in [1.165, 1.54) is 24.3 Å². The van der Waals surface area contributed by atoms with Gasteiger partial charge in [-0.3, -0.25) is 9.59 Å². The van der Waals surface area contributed by atoms with Gasteiger partial charge < -0.3 is 10.2 Å². The summed E-state index contributed by atoms with van der Waals surface area (Å²) in [4.78, 5) is 26.0. The Bertz CT molecular complexity index is 685. The summed E-state index contributed by atoms with van der Waals surface area (Å²) < 4.78 is 22.4. The summed E-state index contributed by atoms with van der Waals surface area (Å²) in [6.07, 6.45) is 3.71. The zero-order chi connectivity index (χ0) is 17.0. The highest BCUT2D eigenvalue weighted by molar-refractivity contribution is 7.89. The number of hydrogen-bond acceptors (Lipinski definition) is 4. The van der Waals surface area contributed by atoms with Crippen LogP contribution in [0.3, 0.4) is 0 Å². The molecule has 1 saturated heterocycles. The summed E-state index contributed by atoms with van der Waals surface area (Å²) in [5.41, 5.74) is 0.348. The van der Waals surface area contributed by atoms with Gasteiger partial charge in [0.15, 0.2) is 0 Å². The average molecular weight is 339 g/mol. The first-order chi connectivity index (χ1) is 10.8. The molecule has 0 aromatic heterocycles. The quantitative estimate of drug-likeness (QED) is 0.802. The smallest absolute Gasteiger partial charge is 0.313 e. The Kier molecular flexibility index (Phi) is 5.38. The van der Waals surface area contributed by atoms with Crippen molar-refractivity contribution >= 4 is 27.5 Å². The summed E-state index contributed by atoms with van der Waals surface area (Å²) in [5, 5.41) is 7.51. The molecule has 0 radical (unpaired) electrons. The Morgan fingerprint density at radius 2 is 1.91 bits per heavy atom. The maximum atomic E-state index is 12.3. The van der Waals surface area contributed by atoms with Crippen LogP contribution < -0.4 is 10.5 Å². The van der Waals surface area contributed by atoms with Gasteiger partial charge in [0, 0.05) is 18.3 Å². The van der Waals surface area contributed by atoms with Crippen molar-refractivity contribution in [1.29, 1.82) is 0 Å². The van der Waals surface area contributed by atoms with E-state index in [4.69, 9.17) is 5.14 Å². The van der Waals surface area contributed by atoms with Crippen LogP contribution in [0.1, 0.15) is 32.6 Å². The molecule has 2 amide bonds. The number of benzene rings is 1. The number of amides is 2. The van der Waals surface area contributed by atoms with E-state index in [0.717, 1.165) is 25.7 Å². The van der Waals surface area contributed by atoms with Crippen molar-refractivity contribution < 1.29 is 18.0 Å². The Hall–Kier alpha value is -1.93. The van der Waals surface area contributed by atoms with Crippen molar-refractivity contribution in [1.82, 2.24) is 4.90 Å². The molecule has 3 N–H and O–H groups in total. The molecule has 1 aromatic carbocycles. The van der Waals surface area contributed by atoms with Crippen LogP contribution in [0.2, 0.25) is 0 Å². The molecule has 23 heavy (non-hydrogen) atoms. The fourth-order valence-corrected chi connectivity index (χ4v) is 3.25. The third-order valence-corrected chi connectivity index (χ3v) is 4.92. The van der Waals surface area contributed by atoms with Gasteiger partial charge in [0.2, 0.25) is 10.0 Å². The lowest BCUT2D eigenvalue weighted by molar-refractivity contribution is -0.145. The van der Waals surface area contributed by atoms with Gasteiger partial charge in [0.05, 0.1) is 4.90 Å². The molecule has 1 fully saturated rings. The van der Waals surface area contributed by atoms with Crippen LogP contribution in [0, 0.1) is 0 Å². The molecular weight excluding hydrogens is 318 g/mol. The maximum absolute atomic E-state index is 12.3. The lowest BCUT2D eigenvalue weighted by Crippen LogP contribution is -2.48. The van der Waals surface area contributed by atoms with E-state index in [1.54, 1.807) is 4.90 Å². The van der Waals surface area contributed by atoms with Crippen molar-refractivity contribution in [3.05, 3.63) is 24.3 Å². The van der Waals surface area contributed by atoms with Crippen molar-refractivity contribution in [2.75, 3.05) is 11.9 Å². The molecule has 1 aliphatic rings. The summed E-state index contributed by atoms with van der Waals surface area (Å²) in [5.74, 6) is -1.26. The number of carbonyl (C=O) groups is 2. The Morgan fingerprint density at radius 3 is 2.48 bits per heavy atom. The number of rotatable bonds is 3. The van der Waals surface area contributed by atoms with Gasteiger partial charge in [0.25, 0.3) is 0 Å². The van der Waals surface area contributed by atoms with Crippen molar-refractivity contribution in [3.63, 3.8) is 0 Å². The zero-order valence-electron chi connectivity index (χ0n) is 13.0. The highest BCUT2D eigenvalue weighted by Crippen LogP contribution is 2.20. The largest absolute Gasteiger partial charge is 0.331 e. The minimum Gasteiger partial charge on any atom is -0.331 e. The number of nitrogens with zero attached hydrogens (tertiary/aromatic N) is 1. The topological polar surface area (TPSA) is 110 Å². The van der Waals surface area contributed by atoms with E-state index in [2.05, 4.69) is 5.32 Å². The number of piperidine rings is 1. The molecule has 0 saturated carbocycles. The van der Waals surface area contributed by atoms with Gasteiger partial charge in [-0.05, 0) is 49.9 Å². The molecule has 1 atom stereocenters. The molecule has 1 aliphatic heterocycles. The first-order valence-electron chi connectivity index (χ1n) is 7.57. The van der Waals surface area contributed by atoms with E-state index < -0.39 is 21.8 Å². The predicted octanol–water partition coefficient (Wildman–Crippen LogP) is 1.06. The number of hydrogen-bond donors (Lipinski definition) is 2. The number of anilines is 1. The SMILES string of the molecule is CCC1CCCCN1C(=O)C(=O)Nc1ccc(S(N)(=O)=O)cc1. The van der Waals surface area contributed by atoms with Crippen LogP contribution in [0.4, 0.5) is 5.69 Å². The van der Waals surface area contributed by atoms with Gasteiger partial charge >= 0.3 is 11.8 Å². The first kappa shape index (κ1) is 17.4. The molecule has 2 rings (SSSR count). The number of carbonyl (C=O) groups excluding carboxylic acids is 2. The lowest BCUT2D eigenvalue weighted by Gasteiger charge is -2.34. The van der Waals surface area contributed by atoms with Gasteiger partial charge in [-0.15, -0.1) is 0 Å². The number of likely N-dealkylation sites (tertiary alicyclic amines) is 1. The minimum atomic E-state index is -3.78. The van der Waals surface area contributed by atoms with Crippen LogP contribution in [0.15, 0.2) is 29.2 Å². The van der Waals surface area contributed by atoms with Crippen LogP contribution >= 0.6 is 0 Å². The number of nitrogens with one attached hydrogen (secondary N) is 1. The zero-order valence-corrected chi connectivity index (χ0v) is 13.8. The Morgan fingerprint density at radius 1 is 1.26 bits per heavy atom. The molecule has 0 spiro atoms. The first-order valence-corrected chi connectivity index (χ1v) is 9.12.